The molecule has 1 aromatic carbocycles. The molecule has 1 aromatic heterocycles. The van der Waals surface area contributed by atoms with Crippen LogP contribution < -0.4 is 11.1 Å². The van der Waals surface area contributed by atoms with Crippen molar-refractivity contribution in [2.45, 2.75) is 19.8 Å². The lowest BCUT2D eigenvalue weighted by molar-refractivity contribution is 0.0602. The molecule has 2 rings (SSSR count). The van der Waals surface area contributed by atoms with Crippen LogP contribution in [0.5, 0.6) is 0 Å². The molecule has 106 valence electrons. The van der Waals surface area contributed by atoms with E-state index in [1.807, 2.05) is 5.38 Å². The number of nitrogen functional groups attached to an aromatic ring is 1. The third kappa shape index (κ3) is 2.91. The van der Waals surface area contributed by atoms with Gasteiger partial charge < -0.3 is 15.8 Å². The van der Waals surface area contributed by atoms with E-state index in [2.05, 4.69) is 24.1 Å². The van der Waals surface area contributed by atoms with E-state index in [0.29, 0.717) is 28.0 Å². The molecule has 1 heterocycles. The van der Waals surface area contributed by atoms with Gasteiger partial charge in [-0.25, -0.2) is 9.78 Å². The van der Waals surface area contributed by atoms with Gasteiger partial charge in [-0.2, -0.15) is 0 Å². The van der Waals surface area contributed by atoms with E-state index in [1.54, 1.807) is 18.2 Å². The second-order valence-corrected chi connectivity index (χ2v) is 5.48. The Morgan fingerprint density at radius 2 is 2.20 bits per heavy atom. The molecule has 0 unspecified atom stereocenters. The number of benzene rings is 1. The summed E-state index contributed by atoms with van der Waals surface area (Å²) in [5, 5.41) is 5.81. The van der Waals surface area contributed by atoms with Crippen LogP contribution in [0.2, 0.25) is 0 Å². The Morgan fingerprint density at radius 3 is 2.80 bits per heavy atom. The minimum absolute atomic E-state index is 0.356. The van der Waals surface area contributed by atoms with Crippen LogP contribution in [0.1, 0.15) is 35.8 Å². The zero-order valence-electron chi connectivity index (χ0n) is 11.6. The third-order valence-corrected chi connectivity index (χ3v) is 3.62. The van der Waals surface area contributed by atoms with Gasteiger partial charge in [0.15, 0.2) is 5.13 Å². The SMILES string of the molecule is COC(=O)c1cccc(N)c1Nc1nc(C(C)C)cs1. The maximum atomic E-state index is 11.8. The van der Waals surface area contributed by atoms with Crippen LogP contribution in [0.4, 0.5) is 16.5 Å². The fraction of sp³-hybridized carbons (Fsp3) is 0.286. The van der Waals surface area contributed by atoms with Crippen LogP contribution in [0.25, 0.3) is 0 Å². The molecular formula is C14H17N3O2S. The molecule has 5 nitrogen and oxygen atoms in total. The minimum atomic E-state index is -0.430. The molecule has 0 bridgehead atoms. The van der Waals surface area contributed by atoms with E-state index in [1.165, 1.54) is 18.4 Å². The van der Waals surface area contributed by atoms with Crippen LogP contribution in [-0.2, 0) is 4.74 Å². The van der Waals surface area contributed by atoms with Crippen LogP contribution in [0.3, 0.4) is 0 Å². The Kier molecular flexibility index (Phi) is 4.24. The number of anilines is 3. The third-order valence-electron chi connectivity index (χ3n) is 2.85. The number of thiazole rings is 1. The highest BCUT2D eigenvalue weighted by Gasteiger charge is 2.15. The number of rotatable bonds is 4. The molecule has 0 radical (unpaired) electrons. The number of aromatic nitrogens is 1. The fourth-order valence-corrected chi connectivity index (χ4v) is 2.58. The van der Waals surface area contributed by atoms with Crippen molar-refractivity contribution < 1.29 is 9.53 Å². The summed E-state index contributed by atoms with van der Waals surface area (Å²) in [5.41, 5.74) is 8.35. The van der Waals surface area contributed by atoms with Crippen molar-refractivity contribution >= 4 is 33.8 Å². The number of methoxy groups -OCH3 is 1. The number of para-hydroxylation sites is 1. The monoisotopic (exact) mass is 291 g/mol. The smallest absolute Gasteiger partial charge is 0.340 e. The second kappa shape index (κ2) is 5.92. The van der Waals surface area contributed by atoms with E-state index in [0.717, 1.165) is 5.69 Å². The van der Waals surface area contributed by atoms with E-state index in [9.17, 15) is 4.79 Å². The van der Waals surface area contributed by atoms with Crippen LogP contribution in [0.15, 0.2) is 23.6 Å². The first-order valence-electron chi connectivity index (χ1n) is 6.22. The summed E-state index contributed by atoms with van der Waals surface area (Å²) in [6.45, 7) is 4.16. The van der Waals surface area contributed by atoms with Crippen molar-refractivity contribution in [3.8, 4) is 0 Å². The molecule has 0 saturated heterocycles. The maximum absolute atomic E-state index is 11.8. The standard InChI is InChI=1S/C14H17N3O2S/c1-8(2)11-7-20-14(16-11)17-12-9(13(18)19-3)5-4-6-10(12)15/h4-8H,15H2,1-3H3,(H,16,17). The lowest BCUT2D eigenvalue weighted by Gasteiger charge is -2.11. The van der Waals surface area contributed by atoms with Crippen molar-refractivity contribution in [2.75, 3.05) is 18.2 Å². The highest BCUT2D eigenvalue weighted by molar-refractivity contribution is 7.13. The molecule has 0 aliphatic rings. The van der Waals surface area contributed by atoms with Gasteiger partial charge in [0.1, 0.15) is 0 Å². The predicted molar refractivity (Wildman–Crippen MR) is 81.7 cm³/mol. The number of carbonyl (C=O) groups is 1. The molecule has 0 amide bonds. The van der Waals surface area contributed by atoms with Gasteiger partial charge in [0, 0.05) is 5.38 Å². The Bertz CT molecular complexity index is 623. The number of ether oxygens (including phenoxy) is 1. The summed E-state index contributed by atoms with van der Waals surface area (Å²) in [4.78, 5) is 16.2. The molecule has 0 fully saturated rings. The van der Waals surface area contributed by atoms with Gasteiger partial charge in [0.2, 0.25) is 0 Å². The summed E-state index contributed by atoms with van der Waals surface area (Å²) in [6.07, 6.45) is 0. The Hall–Kier alpha value is -2.08. The highest BCUT2D eigenvalue weighted by atomic mass is 32.1. The van der Waals surface area contributed by atoms with E-state index >= 15 is 0 Å². The quantitative estimate of drug-likeness (QED) is 0.667. The van der Waals surface area contributed by atoms with Crippen LogP contribution >= 0.6 is 11.3 Å². The van der Waals surface area contributed by atoms with Crippen molar-refractivity contribution in [1.29, 1.82) is 0 Å². The minimum Gasteiger partial charge on any atom is -0.465 e. The van der Waals surface area contributed by atoms with Gasteiger partial charge in [-0.1, -0.05) is 19.9 Å². The van der Waals surface area contributed by atoms with Gasteiger partial charge >= 0.3 is 5.97 Å². The van der Waals surface area contributed by atoms with Gasteiger partial charge in [0.05, 0.1) is 29.7 Å². The zero-order valence-corrected chi connectivity index (χ0v) is 12.5. The average molecular weight is 291 g/mol. The molecule has 0 spiro atoms. The molecule has 0 aliphatic carbocycles. The Balaban J connectivity index is 2.34. The normalized spacial score (nSPS) is 10.6. The van der Waals surface area contributed by atoms with E-state index in [4.69, 9.17) is 10.5 Å². The van der Waals surface area contributed by atoms with Gasteiger partial charge in [-0.3, -0.25) is 0 Å². The summed E-state index contributed by atoms with van der Waals surface area (Å²) in [7, 11) is 1.34. The van der Waals surface area contributed by atoms with Crippen molar-refractivity contribution in [2.24, 2.45) is 0 Å². The molecule has 6 heteroatoms. The number of nitrogens with one attached hydrogen (secondary N) is 1. The summed E-state index contributed by atoms with van der Waals surface area (Å²) in [6, 6.07) is 5.11. The number of carbonyl (C=O) groups excluding carboxylic acids is 1. The molecule has 20 heavy (non-hydrogen) atoms. The number of esters is 1. The first kappa shape index (κ1) is 14.3. The topological polar surface area (TPSA) is 77.2 Å². The molecule has 2 aromatic rings. The van der Waals surface area contributed by atoms with Crippen LogP contribution in [-0.4, -0.2) is 18.1 Å². The first-order chi connectivity index (χ1) is 9.52. The maximum Gasteiger partial charge on any atom is 0.340 e. The molecule has 0 atom stereocenters. The van der Waals surface area contributed by atoms with E-state index in [-0.39, 0.29) is 0 Å². The average Bonchev–Trinajstić information content (AvgIpc) is 2.89. The van der Waals surface area contributed by atoms with Crippen molar-refractivity contribution in [1.82, 2.24) is 4.98 Å². The summed E-state index contributed by atoms with van der Waals surface area (Å²) >= 11 is 1.48. The number of hydrogen-bond donors (Lipinski definition) is 2. The van der Waals surface area contributed by atoms with Gasteiger partial charge in [-0.15, -0.1) is 11.3 Å². The first-order valence-corrected chi connectivity index (χ1v) is 7.10. The fourth-order valence-electron chi connectivity index (χ4n) is 1.71. The Labute approximate surface area is 121 Å². The number of hydrogen-bond acceptors (Lipinski definition) is 6. The molecular weight excluding hydrogens is 274 g/mol. The Morgan fingerprint density at radius 1 is 1.45 bits per heavy atom. The lowest BCUT2D eigenvalue weighted by Crippen LogP contribution is -2.07. The highest BCUT2D eigenvalue weighted by Crippen LogP contribution is 2.30. The molecule has 3 N–H and O–H groups in total. The van der Waals surface area contributed by atoms with Gasteiger partial charge in [-0.05, 0) is 18.1 Å². The van der Waals surface area contributed by atoms with Crippen LogP contribution in [0, 0.1) is 0 Å². The summed E-state index contributed by atoms with van der Waals surface area (Å²) in [5.74, 6) is -0.0737. The number of nitrogens with two attached hydrogens (primary N) is 1. The number of nitrogens with zero attached hydrogens (tertiary/aromatic N) is 1. The van der Waals surface area contributed by atoms with Gasteiger partial charge in [0.25, 0.3) is 0 Å². The lowest BCUT2D eigenvalue weighted by atomic mass is 10.1. The van der Waals surface area contributed by atoms with Crippen molar-refractivity contribution in [3.05, 3.63) is 34.8 Å². The molecule has 0 aliphatic heterocycles. The predicted octanol–water partition coefficient (Wildman–Crippen LogP) is 3.38. The summed E-state index contributed by atoms with van der Waals surface area (Å²) < 4.78 is 4.76. The second-order valence-electron chi connectivity index (χ2n) is 4.62. The largest absolute Gasteiger partial charge is 0.465 e. The zero-order chi connectivity index (χ0) is 14.7. The molecule has 0 saturated carbocycles. The van der Waals surface area contributed by atoms with Crippen molar-refractivity contribution in [3.63, 3.8) is 0 Å². The van der Waals surface area contributed by atoms with E-state index < -0.39 is 5.97 Å².